The highest BCUT2D eigenvalue weighted by atomic mass is 19.3. The van der Waals surface area contributed by atoms with Gasteiger partial charge in [-0.05, 0) is 48.2 Å². The number of hydrogen-bond acceptors (Lipinski definition) is 6. The highest BCUT2D eigenvalue weighted by Crippen LogP contribution is 2.25. The SMILES string of the molecule is O=C(CCCC(=O)OCC(F)(F)C(F)F)Nc1ccc(-c2ccc(NC(=O)CCCC(=O)OCC(F)(F)C(F)F)cc2)cc1. The number of amides is 2. The zero-order chi connectivity index (χ0) is 32.9. The maximum absolute atomic E-state index is 12.8. The normalized spacial score (nSPS) is 11.8. The molecular formula is C28H28F8N2O6. The van der Waals surface area contributed by atoms with Crippen molar-refractivity contribution in [3.63, 3.8) is 0 Å². The fourth-order valence-corrected chi connectivity index (χ4v) is 3.35. The Labute approximate surface area is 246 Å². The summed E-state index contributed by atoms with van der Waals surface area (Å²) >= 11 is 0. The van der Waals surface area contributed by atoms with E-state index in [4.69, 9.17) is 0 Å². The second kappa shape index (κ2) is 16.6. The van der Waals surface area contributed by atoms with E-state index < -0.39 is 74.5 Å². The lowest BCUT2D eigenvalue weighted by molar-refractivity contribution is -0.179. The Hall–Kier alpha value is -4.24. The molecule has 0 aliphatic heterocycles. The van der Waals surface area contributed by atoms with Crippen molar-refractivity contribution in [2.75, 3.05) is 23.8 Å². The van der Waals surface area contributed by atoms with E-state index in [1.807, 2.05) is 0 Å². The lowest BCUT2D eigenvalue weighted by atomic mass is 10.0. The van der Waals surface area contributed by atoms with Crippen molar-refractivity contribution in [3.05, 3.63) is 48.5 Å². The Morgan fingerprint density at radius 3 is 1.18 bits per heavy atom. The Morgan fingerprint density at radius 2 is 0.886 bits per heavy atom. The number of alkyl halides is 8. The summed E-state index contributed by atoms with van der Waals surface area (Å²) in [5.41, 5.74) is 2.35. The number of nitrogens with one attached hydrogen (secondary N) is 2. The first-order chi connectivity index (χ1) is 20.6. The first-order valence-corrected chi connectivity index (χ1v) is 13.0. The maximum Gasteiger partial charge on any atom is 0.340 e. The van der Waals surface area contributed by atoms with Crippen LogP contribution < -0.4 is 10.6 Å². The summed E-state index contributed by atoms with van der Waals surface area (Å²) < 4.78 is 108. The molecule has 2 amide bonds. The summed E-state index contributed by atoms with van der Waals surface area (Å²) in [4.78, 5) is 47.0. The van der Waals surface area contributed by atoms with Gasteiger partial charge in [0, 0.05) is 37.1 Å². The summed E-state index contributed by atoms with van der Waals surface area (Å²) in [5, 5.41) is 5.18. The van der Waals surface area contributed by atoms with Crippen LogP contribution in [0.25, 0.3) is 11.1 Å². The Balaban J connectivity index is 1.72. The molecule has 0 radical (unpaired) electrons. The van der Waals surface area contributed by atoms with Gasteiger partial charge in [0.2, 0.25) is 11.8 Å². The van der Waals surface area contributed by atoms with Crippen LogP contribution >= 0.6 is 0 Å². The first kappa shape index (κ1) is 36.0. The Morgan fingerprint density at radius 1 is 0.568 bits per heavy atom. The number of rotatable bonds is 17. The quantitative estimate of drug-likeness (QED) is 0.152. The summed E-state index contributed by atoms with van der Waals surface area (Å²) in [7, 11) is 0. The third-order valence-corrected chi connectivity index (χ3v) is 5.73. The standard InChI is InChI=1S/C28H28F8N2O6/c29-25(30)27(33,34)15-43-23(41)5-1-3-21(39)37-19-11-7-17(8-12-19)18-9-13-20(14-10-18)38-22(40)4-2-6-24(42)44-16-28(35,36)26(31)32/h7-14,25-26H,1-6,15-16H2,(H,37,39)(H,38,40). The number of esters is 2. The lowest BCUT2D eigenvalue weighted by Gasteiger charge is -2.14. The summed E-state index contributed by atoms with van der Waals surface area (Å²) in [6, 6.07) is 13.2. The lowest BCUT2D eigenvalue weighted by Crippen LogP contribution is -2.33. The monoisotopic (exact) mass is 640 g/mol. The van der Waals surface area contributed by atoms with Gasteiger partial charge in [0.05, 0.1) is 0 Å². The van der Waals surface area contributed by atoms with Gasteiger partial charge in [0.15, 0.2) is 13.2 Å². The van der Waals surface area contributed by atoms with E-state index in [1.165, 1.54) is 0 Å². The van der Waals surface area contributed by atoms with Crippen LogP contribution in [-0.4, -0.2) is 61.7 Å². The third kappa shape index (κ3) is 12.6. The van der Waals surface area contributed by atoms with Crippen molar-refractivity contribution in [2.24, 2.45) is 0 Å². The number of anilines is 2. The van der Waals surface area contributed by atoms with Gasteiger partial charge >= 0.3 is 36.6 Å². The van der Waals surface area contributed by atoms with E-state index in [9.17, 15) is 54.3 Å². The number of benzene rings is 2. The van der Waals surface area contributed by atoms with Gasteiger partial charge in [0.25, 0.3) is 0 Å². The van der Waals surface area contributed by atoms with Gasteiger partial charge in [-0.2, -0.15) is 17.6 Å². The molecule has 0 aliphatic rings. The Kier molecular flexibility index (Phi) is 13.5. The van der Waals surface area contributed by atoms with Crippen LogP contribution in [0.15, 0.2) is 48.5 Å². The van der Waals surface area contributed by atoms with Crippen molar-refractivity contribution in [3.8, 4) is 11.1 Å². The molecular weight excluding hydrogens is 612 g/mol. The molecule has 0 aliphatic carbocycles. The minimum atomic E-state index is -4.45. The average Bonchev–Trinajstić information content (AvgIpc) is 2.96. The van der Waals surface area contributed by atoms with Crippen LogP contribution in [0.1, 0.15) is 38.5 Å². The fourth-order valence-electron chi connectivity index (χ4n) is 3.35. The van der Waals surface area contributed by atoms with E-state index in [0.29, 0.717) is 11.4 Å². The van der Waals surface area contributed by atoms with Gasteiger partial charge in [-0.15, -0.1) is 0 Å². The molecule has 2 rings (SSSR count). The highest BCUT2D eigenvalue weighted by molar-refractivity contribution is 5.92. The van der Waals surface area contributed by atoms with Gasteiger partial charge in [-0.1, -0.05) is 24.3 Å². The van der Waals surface area contributed by atoms with Gasteiger partial charge in [0.1, 0.15) is 0 Å². The molecule has 242 valence electrons. The van der Waals surface area contributed by atoms with Gasteiger partial charge in [-0.25, -0.2) is 17.6 Å². The predicted molar refractivity (Wildman–Crippen MR) is 141 cm³/mol. The maximum atomic E-state index is 12.8. The number of carbonyl (C=O) groups excluding carboxylic acids is 4. The summed E-state index contributed by atoms with van der Waals surface area (Å²) in [6.45, 7) is -3.49. The molecule has 2 aromatic carbocycles. The van der Waals surface area contributed by atoms with E-state index in [-0.39, 0.29) is 25.7 Å². The number of hydrogen-bond donors (Lipinski definition) is 2. The summed E-state index contributed by atoms with van der Waals surface area (Å²) in [6.07, 6.45) is -9.16. The molecule has 0 aromatic heterocycles. The van der Waals surface area contributed by atoms with Crippen molar-refractivity contribution in [2.45, 2.75) is 63.2 Å². The molecule has 44 heavy (non-hydrogen) atoms. The van der Waals surface area contributed by atoms with Crippen LogP contribution in [0.3, 0.4) is 0 Å². The zero-order valence-electron chi connectivity index (χ0n) is 22.9. The van der Waals surface area contributed by atoms with Gasteiger partial charge in [-0.3, -0.25) is 19.2 Å². The molecule has 2 N–H and O–H groups in total. The smallest absolute Gasteiger partial charge is 0.340 e. The first-order valence-electron chi connectivity index (χ1n) is 13.0. The van der Waals surface area contributed by atoms with E-state index in [0.717, 1.165) is 11.1 Å². The molecule has 2 aromatic rings. The minimum absolute atomic E-state index is 0.0521. The second-order valence-corrected chi connectivity index (χ2v) is 9.40. The molecule has 8 nitrogen and oxygen atoms in total. The van der Waals surface area contributed by atoms with Gasteiger partial charge < -0.3 is 20.1 Å². The molecule has 0 saturated heterocycles. The fraction of sp³-hybridized carbons (Fsp3) is 0.429. The zero-order valence-corrected chi connectivity index (χ0v) is 22.9. The predicted octanol–water partition coefficient (Wildman–Crippen LogP) is 6.46. The van der Waals surface area contributed by atoms with Crippen LogP contribution in [0, 0.1) is 0 Å². The van der Waals surface area contributed by atoms with Crippen molar-refractivity contribution < 1.29 is 63.8 Å². The van der Waals surface area contributed by atoms with Crippen molar-refractivity contribution >= 4 is 35.1 Å². The largest absolute Gasteiger partial charge is 0.459 e. The van der Waals surface area contributed by atoms with Crippen LogP contribution in [0.2, 0.25) is 0 Å². The molecule has 0 saturated carbocycles. The van der Waals surface area contributed by atoms with E-state index >= 15 is 0 Å². The molecule has 0 unspecified atom stereocenters. The van der Waals surface area contributed by atoms with Crippen molar-refractivity contribution in [1.82, 2.24) is 0 Å². The number of carbonyl (C=O) groups is 4. The number of ether oxygens (including phenoxy) is 2. The average molecular weight is 641 g/mol. The minimum Gasteiger partial charge on any atom is -0.459 e. The van der Waals surface area contributed by atoms with Crippen LogP contribution in [0.4, 0.5) is 46.5 Å². The second-order valence-electron chi connectivity index (χ2n) is 9.40. The van der Waals surface area contributed by atoms with Crippen molar-refractivity contribution in [1.29, 1.82) is 0 Å². The molecule has 0 bridgehead atoms. The van der Waals surface area contributed by atoms with E-state index in [1.54, 1.807) is 48.5 Å². The molecule has 16 heteroatoms. The highest BCUT2D eigenvalue weighted by Gasteiger charge is 2.43. The van der Waals surface area contributed by atoms with Crippen LogP contribution in [0.5, 0.6) is 0 Å². The Bertz CT molecular complexity index is 1160. The third-order valence-electron chi connectivity index (χ3n) is 5.73. The van der Waals surface area contributed by atoms with Crippen LogP contribution in [-0.2, 0) is 28.7 Å². The van der Waals surface area contributed by atoms with E-state index in [2.05, 4.69) is 20.1 Å². The molecule has 0 heterocycles. The topological polar surface area (TPSA) is 111 Å². The molecule has 0 spiro atoms. The summed E-state index contributed by atoms with van der Waals surface area (Å²) in [5.74, 6) is -12.1. The molecule has 0 fully saturated rings. The molecule has 0 atom stereocenters. The number of halogens is 8.